The maximum Gasteiger partial charge on any atom is 0.303 e. The van der Waals surface area contributed by atoms with Gasteiger partial charge in [-0.1, -0.05) is 0 Å². The molecule has 0 aliphatic carbocycles. The van der Waals surface area contributed by atoms with Gasteiger partial charge in [-0.15, -0.1) is 0 Å². The minimum absolute atomic E-state index is 0.0344. The highest BCUT2D eigenvalue weighted by Gasteiger charge is 2.08. The number of rotatable bonds is 6. The standard InChI is InChI=1S/C12H13F2NO3/c13-9-5-4-8(7-10(9)14)12(18)15-6-2-1-3-11(16)17/h4-5,7H,1-3,6H2,(H,15,18)(H,16,17). The number of carboxylic acid groups (broad SMARTS) is 1. The first kappa shape index (κ1) is 14.1. The van der Waals surface area contributed by atoms with Crippen LogP contribution in [0.3, 0.4) is 0 Å². The maximum atomic E-state index is 12.9. The fourth-order valence-corrected chi connectivity index (χ4v) is 1.34. The van der Waals surface area contributed by atoms with Gasteiger partial charge >= 0.3 is 5.97 Å². The second-order valence-electron chi connectivity index (χ2n) is 3.74. The lowest BCUT2D eigenvalue weighted by Gasteiger charge is -2.04. The molecule has 18 heavy (non-hydrogen) atoms. The van der Waals surface area contributed by atoms with Gasteiger partial charge in [0.25, 0.3) is 5.91 Å². The largest absolute Gasteiger partial charge is 0.481 e. The average Bonchev–Trinajstić information content (AvgIpc) is 2.31. The van der Waals surface area contributed by atoms with Crippen LogP contribution in [0.5, 0.6) is 0 Å². The van der Waals surface area contributed by atoms with Crippen LogP contribution in [0, 0.1) is 11.6 Å². The molecule has 0 aromatic heterocycles. The Kier molecular flexibility index (Phi) is 5.23. The third-order valence-corrected chi connectivity index (χ3v) is 2.28. The molecule has 1 aromatic carbocycles. The van der Waals surface area contributed by atoms with E-state index in [2.05, 4.69) is 5.32 Å². The van der Waals surface area contributed by atoms with Gasteiger partial charge in [0.2, 0.25) is 0 Å². The Hall–Kier alpha value is -1.98. The van der Waals surface area contributed by atoms with Crippen molar-refractivity contribution >= 4 is 11.9 Å². The van der Waals surface area contributed by atoms with Crippen LogP contribution in [0.1, 0.15) is 29.6 Å². The Bertz CT molecular complexity index is 449. The van der Waals surface area contributed by atoms with Gasteiger partial charge in [-0.05, 0) is 31.0 Å². The maximum absolute atomic E-state index is 12.9. The topological polar surface area (TPSA) is 66.4 Å². The highest BCUT2D eigenvalue weighted by atomic mass is 19.2. The molecule has 0 unspecified atom stereocenters. The molecule has 0 bridgehead atoms. The quantitative estimate of drug-likeness (QED) is 0.765. The second-order valence-corrected chi connectivity index (χ2v) is 3.74. The molecular weight excluding hydrogens is 244 g/mol. The number of nitrogens with one attached hydrogen (secondary N) is 1. The Balaban J connectivity index is 2.36. The van der Waals surface area contributed by atoms with E-state index in [4.69, 9.17) is 5.11 Å². The van der Waals surface area contributed by atoms with Gasteiger partial charge < -0.3 is 10.4 Å². The second kappa shape index (κ2) is 6.68. The first-order chi connectivity index (χ1) is 8.50. The number of amides is 1. The van der Waals surface area contributed by atoms with Crippen molar-refractivity contribution in [3.05, 3.63) is 35.4 Å². The molecular formula is C12H13F2NO3. The average molecular weight is 257 g/mol. The molecule has 4 nitrogen and oxygen atoms in total. The van der Waals surface area contributed by atoms with Crippen molar-refractivity contribution in [3.8, 4) is 0 Å². The smallest absolute Gasteiger partial charge is 0.303 e. The van der Waals surface area contributed by atoms with Crippen LogP contribution in [0.15, 0.2) is 18.2 Å². The van der Waals surface area contributed by atoms with Crippen LogP contribution < -0.4 is 5.32 Å². The first-order valence-electron chi connectivity index (χ1n) is 5.45. The van der Waals surface area contributed by atoms with E-state index in [0.717, 1.165) is 12.1 Å². The summed E-state index contributed by atoms with van der Waals surface area (Å²) in [6, 6.07) is 2.89. The number of halogens is 2. The summed E-state index contributed by atoms with van der Waals surface area (Å²) in [5.41, 5.74) is 0.0344. The molecule has 0 heterocycles. The fourth-order valence-electron chi connectivity index (χ4n) is 1.34. The van der Waals surface area contributed by atoms with Gasteiger partial charge in [-0.3, -0.25) is 9.59 Å². The summed E-state index contributed by atoms with van der Waals surface area (Å²) in [7, 11) is 0. The lowest BCUT2D eigenvalue weighted by atomic mass is 10.2. The number of aliphatic carboxylic acids is 1. The number of unbranched alkanes of at least 4 members (excludes halogenated alkanes) is 1. The molecule has 0 saturated heterocycles. The van der Waals surface area contributed by atoms with Crippen molar-refractivity contribution in [1.29, 1.82) is 0 Å². The van der Waals surface area contributed by atoms with E-state index in [0.29, 0.717) is 19.4 Å². The van der Waals surface area contributed by atoms with Gasteiger partial charge in [0, 0.05) is 18.5 Å². The van der Waals surface area contributed by atoms with Crippen LogP contribution in [0.4, 0.5) is 8.78 Å². The predicted molar refractivity (Wildman–Crippen MR) is 60.2 cm³/mol. The Morgan fingerprint density at radius 2 is 1.89 bits per heavy atom. The van der Waals surface area contributed by atoms with E-state index in [-0.39, 0.29) is 12.0 Å². The van der Waals surface area contributed by atoms with Gasteiger partial charge in [0.05, 0.1) is 0 Å². The SMILES string of the molecule is O=C(O)CCCCNC(=O)c1ccc(F)c(F)c1. The molecule has 0 aliphatic heterocycles. The Labute approximate surface area is 103 Å². The van der Waals surface area contributed by atoms with Crippen molar-refractivity contribution in [3.63, 3.8) is 0 Å². The lowest BCUT2D eigenvalue weighted by molar-refractivity contribution is -0.137. The molecule has 0 radical (unpaired) electrons. The molecule has 0 saturated carbocycles. The third kappa shape index (κ3) is 4.48. The molecule has 0 aliphatic rings. The van der Waals surface area contributed by atoms with Gasteiger partial charge in [-0.25, -0.2) is 8.78 Å². The zero-order valence-corrected chi connectivity index (χ0v) is 9.58. The van der Waals surface area contributed by atoms with Crippen LogP contribution in [-0.2, 0) is 4.79 Å². The van der Waals surface area contributed by atoms with Gasteiger partial charge in [0.1, 0.15) is 0 Å². The number of hydrogen-bond donors (Lipinski definition) is 2. The van der Waals surface area contributed by atoms with E-state index in [1.165, 1.54) is 6.07 Å². The normalized spacial score (nSPS) is 10.1. The van der Waals surface area contributed by atoms with Crippen LogP contribution in [0.25, 0.3) is 0 Å². The zero-order valence-electron chi connectivity index (χ0n) is 9.58. The summed E-state index contributed by atoms with van der Waals surface area (Å²) in [4.78, 5) is 21.7. The van der Waals surface area contributed by atoms with E-state index in [1.807, 2.05) is 0 Å². The molecule has 0 atom stereocenters. The third-order valence-electron chi connectivity index (χ3n) is 2.28. The molecule has 1 rings (SSSR count). The van der Waals surface area contributed by atoms with Crippen molar-refractivity contribution in [1.82, 2.24) is 5.32 Å². The van der Waals surface area contributed by atoms with Crippen LogP contribution in [-0.4, -0.2) is 23.5 Å². The van der Waals surface area contributed by atoms with E-state index in [1.54, 1.807) is 0 Å². The number of carbonyl (C=O) groups is 2. The molecule has 2 N–H and O–H groups in total. The van der Waals surface area contributed by atoms with E-state index in [9.17, 15) is 18.4 Å². The summed E-state index contributed by atoms with van der Waals surface area (Å²) < 4.78 is 25.5. The lowest BCUT2D eigenvalue weighted by Crippen LogP contribution is -2.24. The molecule has 0 fully saturated rings. The summed E-state index contributed by atoms with van der Waals surface area (Å²) in [5.74, 6) is -3.48. The highest BCUT2D eigenvalue weighted by molar-refractivity contribution is 5.94. The fraction of sp³-hybridized carbons (Fsp3) is 0.333. The van der Waals surface area contributed by atoms with Gasteiger partial charge in [0.15, 0.2) is 11.6 Å². The summed E-state index contributed by atoms with van der Waals surface area (Å²) in [6.45, 7) is 0.297. The van der Waals surface area contributed by atoms with Gasteiger partial charge in [-0.2, -0.15) is 0 Å². The monoisotopic (exact) mass is 257 g/mol. The Morgan fingerprint density at radius 3 is 2.50 bits per heavy atom. The zero-order chi connectivity index (χ0) is 13.5. The summed E-state index contributed by atoms with van der Waals surface area (Å²) >= 11 is 0. The van der Waals surface area contributed by atoms with Crippen molar-refractivity contribution < 1.29 is 23.5 Å². The summed E-state index contributed by atoms with van der Waals surface area (Å²) in [5, 5.41) is 10.9. The Morgan fingerprint density at radius 1 is 1.17 bits per heavy atom. The number of carboxylic acids is 1. The minimum Gasteiger partial charge on any atom is -0.481 e. The van der Waals surface area contributed by atoms with Crippen molar-refractivity contribution in [2.75, 3.05) is 6.54 Å². The van der Waals surface area contributed by atoms with E-state index < -0.39 is 23.5 Å². The first-order valence-corrected chi connectivity index (χ1v) is 5.45. The van der Waals surface area contributed by atoms with Crippen molar-refractivity contribution in [2.24, 2.45) is 0 Å². The molecule has 0 spiro atoms. The number of carbonyl (C=O) groups excluding carboxylic acids is 1. The number of benzene rings is 1. The number of hydrogen-bond acceptors (Lipinski definition) is 2. The summed E-state index contributed by atoms with van der Waals surface area (Å²) in [6.07, 6.45) is 1.01. The van der Waals surface area contributed by atoms with Crippen LogP contribution >= 0.6 is 0 Å². The van der Waals surface area contributed by atoms with E-state index >= 15 is 0 Å². The molecule has 98 valence electrons. The predicted octanol–water partition coefficient (Wildman–Crippen LogP) is 1.95. The minimum atomic E-state index is -1.08. The molecule has 1 amide bonds. The molecule has 1 aromatic rings. The van der Waals surface area contributed by atoms with Crippen molar-refractivity contribution in [2.45, 2.75) is 19.3 Å². The molecule has 6 heteroatoms. The van der Waals surface area contributed by atoms with Crippen LogP contribution in [0.2, 0.25) is 0 Å². The highest BCUT2D eigenvalue weighted by Crippen LogP contribution is 2.08.